The number of aromatic nitrogens is 4. The molecule has 0 aliphatic rings. The van der Waals surface area contributed by atoms with Crippen LogP contribution in [-0.2, 0) is 0 Å². The van der Waals surface area contributed by atoms with Crippen LogP contribution < -0.4 is 14.4 Å². The van der Waals surface area contributed by atoms with Crippen molar-refractivity contribution in [3.8, 4) is 22.8 Å². The summed E-state index contributed by atoms with van der Waals surface area (Å²) in [6.07, 6.45) is 5.21. The van der Waals surface area contributed by atoms with Gasteiger partial charge in [0.2, 0.25) is 0 Å². The lowest BCUT2D eigenvalue weighted by Gasteiger charge is -2.25. The fourth-order valence-corrected chi connectivity index (χ4v) is 3.15. The largest absolute Gasteiger partial charge is 0.497 e. The fourth-order valence-electron chi connectivity index (χ4n) is 3.15. The standard InChI is InChI=1S/C21H21N5O3/c1-28-17-7-16(8-18(10-17)29-2)26(5-6-27)15-3-4-19-20(9-15)25-21(13-22-19)14-11-23-24-12-14/h3-4,7-13,27H,5-6H2,1-2H3,(H,23,24). The first-order chi connectivity index (χ1) is 14.2. The molecule has 0 bridgehead atoms. The smallest absolute Gasteiger partial charge is 0.124 e. The van der Waals surface area contributed by atoms with E-state index in [-0.39, 0.29) is 6.61 Å². The summed E-state index contributed by atoms with van der Waals surface area (Å²) in [5.41, 5.74) is 4.86. The summed E-state index contributed by atoms with van der Waals surface area (Å²) < 4.78 is 10.8. The van der Waals surface area contributed by atoms with Crippen LogP contribution in [0.2, 0.25) is 0 Å². The van der Waals surface area contributed by atoms with Crippen molar-refractivity contribution in [2.24, 2.45) is 0 Å². The lowest BCUT2D eigenvalue weighted by Crippen LogP contribution is -2.21. The Labute approximate surface area is 167 Å². The Morgan fingerprint density at radius 2 is 1.76 bits per heavy atom. The Bertz CT molecular complexity index is 1090. The van der Waals surface area contributed by atoms with Gasteiger partial charge in [0.15, 0.2) is 0 Å². The molecular formula is C21H21N5O3. The lowest BCUT2D eigenvalue weighted by molar-refractivity contribution is 0.305. The molecule has 8 nitrogen and oxygen atoms in total. The second-order valence-electron chi connectivity index (χ2n) is 6.36. The molecule has 0 saturated carbocycles. The SMILES string of the molecule is COc1cc(OC)cc(N(CCO)c2ccc3ncc(-c4cn[nH]c4)nc3c2)c1. The average Bonchev–Trinajstić information content (AvgIpc) is 3.31. The van der Waals surface area contributed by atoms with Gasteiger partial charge in [-0.25, -0.2) is 4.98 Å². The Balaban J connectivity index is 1.79. The number of nitrogens with zero attached hydrogens (tertiary/aromatic N) is 4. The van der Waals surface area contributed by atoms with Crippen molar-refractivity contribution in [1.82, 2.24) is 20.2 Å². The Morgan fingerprint density at radius 3 is 2.41 bits per heavy atom. The first-order valence-electron chi connectivity index (χ1n) is 9.09. The molecule has 0 aliphatic heterocycles. The van der Waals surface area contributed by atoms with Crippen LogP contribution >= 0.6 is 0 Å². The van der Waals surface area contributed by atoms with Gasteiger partial charge in [-0.2, -0.15) is 5.10 Å². The molecule has 0 aliphatic carbocycles. The number of hydrogen-bond donors (Lipinski definition) is 2. The van der Waals surface area contributed by atoms with Crippen molar-refractivity contribution in [3.63, 3.8) is 0 Å². The molecule has 0 unspecified atom stereocenters. The van der Waals surface area contributed by atoms with E-state index in [9.17, 15) is 5.11 Å². The number of ether oxygens (including phenoxy) is 2. The van der Waals surface area contributed by atoms with Crippen LogP contribution in [0, 0.1) is 0 Å². The molecule has 4 aromatic rings. The zero-order chi connectivity index (χ0) is 20.2. The van der Waals surface area contributed by atoms with Crippen LogP contribution in [0.3, 0.4) is 0 Å². The van der Waals surface area contributed by atoms with Crippen molar-refractivity contribution in [2.45, 2.75) is 0 Å². The summed E-state index contributed by atoms with van der Waals surface area (Å²) in [4.78, 5) is 11.2. The minimum absolute atomic E-state index is 0.0156. The van der Waals surface area contributed by atoms with Gasteiger partial charge in [-0.3, -0.25) is 10.1 Å². The van der Waals surface area contributed by atoms with E-state index < -0.39 is 0 Å². The monoisotopic (exact) mass is 391 g/mol. The van der Waals surface area contributed by atoms with Crippen LogP contribution in [0.25, 0.3) is 22.3 Å². The summed E-state index contributed by atoms with van der Waals surface area (Å²) in [5.74, 6) is 1.34. The van der Waals surface area contributed by atoms with Crippen molar-refractivity contribution in [2.75, 3.05) is 32.3 Å². The summed E-state index contributed by atoms with van der Waals surface area (Å²) in [7, 11) is 3.22. The van der Waals surface area contributed by atoms with Crippen molar-refractivity contribution in [3.05, 3.63) is 55.0 Å². The molecular weight excluding hydrogens is 370 g/mol. The number of anilines is 2. The predicted molar refractivity (Wildman–Crippen MR) is 111 cm³/mol. The average molecular weight is 391 g/mol. The zero-order valence-electron chi connectivity index (χ0n) is 16.2. The zero-order valence-corrected chi connectivity index (χ0v) is 16.2. The molecule has 0 saturated heterocycles. The van der Waals surface area contributed by atoms with E-state index in [2.05, 4.69) is 15.2 Å². The number of aliphatic hydroxyl groups excluding tert-OH is 1. The summed E-state index contributed by atoms with van der Waals surface area (Å²) in [5, 5.41) is 16.4. The van der Waals surface area contributed by atoms with E-state index in [0.717, 1.165) is 33.7 Å². The van der Waals surface area contributed by atoms with E-state index in [0.29, 0.717) is 18.0 Å². The van der Waals surface area contributed by atoms with Gasteiger partial charge in [0.25, 0.3) is 0 Å². The molecule has 0 fully saturated rings. The van der Waals surface area contributed by atoms with Gasteiger partial charge in [0.05, 0.1) is 49.9 Å². The second-order valence-corrected chi connectivity index (χ2v) is 6.36. The van der Waals surface area contributed by atoms with Crippen LogP contribution in [-0.4, -0.2) is 52.6 Å². The molecule has 0 spiro atoms. The van der Waals surface area contributed by atoms with Crippen LogP contribution in [0.4, 0.5) is 11.4 Å². The third kappa shape index (κ3) is 3.83. The second kappa shape index (κ2) is 8.15. The number of nitrogens with one attached hydrogen (secondary N) is 1. The molecule has 0 amide bonds. The van der Waals surface area contributed by atoms with E-state index in [1.54, 1.807) is 32.8 Å². The number of methoxy groups -OCH3 is 2. The highest BCUT2D eigenvalue weighted by Gasteiger charge is 2.14. The third-order valence-electron chi connectivity index (χ3n) is 4.60. The van der Waals surface area contributed by atoms with Gasteiger partial charge in [0.1, 0.15) is 11.5 Å². The van der Waals surface area contributed by atoms with Crippen LogP contribution in [0.15, 0.2) is 55.0 Å². The van der Waals surface area contributed by atoms with Gasteiger partial charge in [-0.05, 0) is 18.2 Å². The summed E-state index contributed by atoms with van der Waals surface area (Å²) in [6, 6.07) is 11.4. The normalized spacial score (nSPS) is 10.9. The molecule has 0 radical (unpaired) electrons. The number of hydrogen-bond acceptors (Lipinski definition) is 7. The maximum absolute atomic E-state index is 9.65. The maximum atomic E-state index is 9.65. The first kappa shape index (κ1) is 18.7. The molecule has 2 aromatic heterocycles. The predicted octanol–water partition coefficient (Wildman–Crippen LogP) is 3.17. The highest BCUT2D eigenvalue weighted by molar-refractivity contribution is 5.82. The van der Waals surface area contributed by atoms with E-state index >= 15 is 0 Å². The third-order valence-corrected chi connectivity index (χ3v) is 4.60. The molecule has 2 heterocycles. The van der Waals surface area contributed by atoms with Crippen molar-refractivity contribution >= 4 is 22.4 Å². The topological polar surface area (TPSA) is 96.4 Å². The highest BCUT2D eigenvalue weighted by Crippen LogP contribution is 2.33. The summed E-state index contributed by atoms with van der Waals surface area (Å²) >= 11 is 0. The van der Waals surface area contributed by atoms with E-state index in [4.69, 9.17) is 14.5 Å². The minimum atomic E-state index is -0.0156. The number of benzene rings is 2. The van der Waals surface area contributed by atoms with Gasteiger partial charge >= 0.3 is 0 Å². The fraction of sp³-hybridized carbons (Fsp3) is 0.190. The van der Waals surface area contributed by atoms with Gasteiger partial charge in [0, 0.05) is 47.9 Å². The maximum Gasteiger partial charge on any atom is 0.124 e. The molecule has 4 rings (SSSR count). The Kier molecular flexibility index (Phi) is 5.26. The van der Waals surface area contributed by atoms with Crippen LogP contribution in [0.5, 0.6) is 11.5 Å². The highest BCUT2D eigenvalue weighted by atomic mass is 16.5. The number of aliphatic hydroxyl groups is 1. The summed E-state index contributed by atoms with van der Waals surface area (Å²) in [6.45, 7) is 0.384. The molecule has 29 heavy (non-hydrogen) atoms. The molecule has 148 valence electrons. The van der Waals surface area contributed by atoms with Crippen molar-refractivity contribution in [1.29, 1.82) is 0 Å². The molecule has 0 atom stereocenters. The van der Waals surface area contributed by atoms with Crippen molar-refractivity contribution < 1.29 is 14.6 Å². The van der Waals surface area contributed by atoms with Gasteiger partial charge in [-0.15, -0.1) is 0 Å². The number of aromatic amines is 1. The van der Waals surface area contributed by atoms with Gasteiger partial charge in [-0.1, -0.05) is 0 Å². The number of fused-ring (bicyclic) bond motifs is 1. The quantitative estimate of drug-likeness (QED) is 0.499. The Morgan fingerprint density at radius 1 is 0.966 bits per heavy atom. The van der Waals surface area contributed by atoms with Gasteiger partial charge < -0.3 is 19.5 Å². The molecule has 2 N–H and O–H groups in total. The first-order valence-corrected chi connectivity index (χ1v) is 9.09. The Hall–Kier alpha value is -3.65. The lowest BCUT2D eigenvalue weighted by atomic mass is 10.2. The van der Waals surface area contributed by atoms with E-state index in [1.807, 2.05) is 41.3 Å². The van der Waals surface area contributed by atoms with E-state index in [1.165, 1.54) is 0 Å². The van der Waals surface area contributed by atoms with Crippen LogP contribution in [0.1, 0.15) is 0 Å². The number of rotatable bonds is 7. The minimum Gasteiger partial charge on any atom is -0.497 e. The molecule has 2 aromatic carbocycles. The molecule has 8 heteroatoms. The number of H-pyrrole nitrogens is 1.